The number of aromatic nitrogens is 2. The van der Waals surface area contributed by atoms with Crippen molar-refractivity contribution in [1.29, 1.82) is 0 Å². The molecule has 0 amide bonds. The van der Waals surface area contributed by atoms with E-state index in [9.17, 15) is 4.79 Å². The number of aryl methyl sites for hydroxylation is 2. The third-order valence-electron chi connectivity index (χ3n) is 3.59. The highest BCUT2D eigenvalue weighted by Gasteiger charge is 2.12. The lowest BCUT2D eigenvalue weighted by molar-refractivity contribution is 0.559. The Bertz CT molecular complexity index is 657. The molecule has 112 valence electrons. The first-order valence-electron chi connectivity index (χ1n) is 7.53. The van der Waals surface area contributed by atoms with Gasteiger partial charge in [0.2, 0.25) is 0 Å². The Hall–Kier alpha value is -1.94. The van der Waals surface area contributed by atoms with Crippen LogP contribution in [0.2, 0.25) is 0 Å². The Morgan fingerprint density at radius 2 is 1.90 bits per heavy atom. The van der Waals surface area contributed by atoms with E-state index in [1.807, 2.05) is 32.0 Å². The van der Waals surface area contributed by atoms with E-state index in [1.54, 1.807) is 0 Å². The van der Waals surface area contributed by atoms with Gasteiger partial charge in [0.1, 0.15) is 0 Å². The van der Waals surface area contributed by atoms with Crippen LogP contribution in [-0.2, 0) is 13.0 Å². The van der Waals surface area contributed by atoms with Crippen molar-refractivity contribution in [2.24, 2.45) is 5.73 Å². The van der Waals surface area contributed by atoms with Crippen LogP contribution in [0.15, 0.2) is 35.1 Å². The average Bonchev–Trinajstić information content (AvgIpc) is 2.49. The summed E-state index contributed by atoms with van der Waals surface area (Å²) in [7, 11) is 0. The Kier molecular flexibility index (Phi) is 4.91. The summed E-state index contributed by atoms with van der Waals surface area (Å²) in [5.41, 5.74) is 9.57. The lowest BCUT2D eigenvalue weighted by Crippen LogP contribution is -2.29. The summed E-state index contributed by atoms with van der Waals surface area (Å²) in [6.07, 6.45) is 1.87. The highest BCUT2D eigenvalue weighted by atomic mass is 16.1. The minimum absolute atomic E-state index is 0.0826. The van der Waals surface area contributed by atoms with Crippen LogP contribution in [0, 0.1) is 0 Å². The van der Waals surface area contributed by atoms with Crippen LogP contribution in [-0.4, -0.2) is 9.78 Å². The van der Waals surface area contributed by atoms with Crippen molar-refractivity contribution in [2.75, 3.05) is 0 Å². The average molecular weight is 285 g/mol. The third kappa shape index (κ3) is 3.39. The van der Waals surface area contributed by atoms with Crippen molar-refractivity contribution >= 4 is 0 Å². The molecule has 0 spiro atoms. The third-order valence-corrected chi connectivity index (χ3v) is 3.59. The number of nitrogens with two attached hydrogens (primary N) is 1. The predicted octanol–water partition coefficient (Wildman–Crippen LogP) is 2.90. The highest BCUT2D eigenvalue weighted by Crippen LogP contribution is 2.19. The molecule has 1 heterocycles. The molecule has 4 nitrogen and oxygen atoms in total. The second-order valence-electron chi connectivity index (χ2n) is 5.35. The summed E-state index contributed by atoms with van der Waals surface area (Å²) in [4.78, 5) is 12.3. The van der Waals surface area contributed by atoms with Crippen LogP contribution in [0.25, 0.3) is 11.3 Å². The molecule has 1 atom stereocenters. The molecule has 0 fully saturated rings. The fourth-order valence-electron chi connectivity index (χ4n) is 2.30. The quantitative estimate of drug-likeness (QED) is 0.919. The molecule has 1 unspecified atom stereocenters. The number of rotatable bonds is 5. The Morgan fingerprint density at radius 1 is 1.24 bits per heavy atom. The molecular weight excluding hydrogens is 262 g/mol. The zero-order valence-corrected chi connectivity index (χ0v) is 13.0. The van der Waals surface area contributed by atoms with E-state index < -0.39 is 0 Å². The Morgan fingerprint density at radius 3 is 2.43 bits per heavy atom. The van der Waals surface area contributed by atoms with E-state index in [4.69, 9.17) is 5.73 Å². The van der Waals surface area contributed by atoms with Crippen LogP contribution in [0.5, 0.6) is 0 Å². The molecule has 0 radical (unpaired) electrons. The lowest BCUT2D eigenvalue weighted by atomic mass is 10.0. The predicted molar refractivity (Wildman–Crippen MR) is 86.2 cm³/mol. The fraction of sp³-hybridized carbons (Fsp3) is 0.412. The van der Waals surface area contributed by atoms with Crippen molar-refractivity contribution in [3.63, 3.8) is 0 Å². The van der Waals surface area contributed by atoms with Crippen molar-refractivity contribution in [3.05, 3.63) is 51.8 Å². The summed E-state index contributed by atoms with van der Waals surface area (Å²) in [5.74, 6) is 0. The van der Waals surface area contributed by atoms with E-state index in [0.717, 1.165) is 24.1 Å². The van der Waals surface area contributed by atoms with Gasteiger partial charge in [-0.3, -0.25) is 4.79 Å². The molecule has 0 aliphatic rings. The molecule has 2 rings (SSSR count). The van der Waals surface area contributed by atoms with Gasteiger partial charge in [0.15, 0.2) is 0 Å². The maximum Gasteiger partial charge on any atom is 0.271 e. The number of hydrogen-bond donors (Lipinski definition) is 1. The Labute approximate surface area is 125 Å². The van der Waals surface area contributed by atoms with Crippen LogP contribution in [0.4, 0.5) is 0 Å². The molecule has 0 aliphatic heterocycles. The minimum atomic E-state index is -0.294. The molecular formula is C17H23N3O. The van der Waals surface area contributed by atoms with Crippen LogP contribution < -0.4 is 11.3 Å². The van der Waals surface area contributed by atoms with Gasteiger partial charge in [0.25, 0.3) is 5.56 Å². The van der Waals surface area contributed by atoms with Crippen LogP contribution in [0.3, 0.4) is 0 Å². The second-order valence-corrected chi connectivity index (χ2v) is 5.35. The molecule has 2 aromatic rings. The topological polar surface area (TPSA) is 60.9 Å². The van der Waals surface area contributed by atoms with Gasteiger partial charge in [-0.2, -0.15) is 5.10 Å². The monoisotopic (exact) mass is 285 g/mol. The first-order valence-corrected chi connectivity index (χ1v) is 7.53. The normalized spacial score (nSPS) is 12.4. The minimum Gasteiger partial charge on any atom is -0.324 e. The zero-order valence-electron chi connectivity index (χ0n) is 13.0. The van der Waals surface area contributed by atoms with E-state index >= 15 is 0 Å². The second kappa shape index (κ2) is 6.68. The van der Waals surface area contributed by atoms with Crippen molar-refractivity contribution < 1.29 is 0 Å². The smallest absolute Gasteiger partial charge is 0.271 e. The van der Waals surface area contributed by atoms with E-state index in [0.29, 0.717) is 12.1 Å². The van der Waals surface area contributed by atoms with Gasteiger partial charge in [0, 0.05) is 23.7 Å². The largest absolute Gasteiger partial charge is 0.324 e. The molecule has 4 heteroatoms. The van der Waals surface area contributed by atoms with Gasteiger partial charge < -0.3 is 5.73 Å². The standard InChI is InChI=1S/C17H23N3O/c1-4-10-20-17(21)15(12(3)18)11-16(19-20)14-8-6-13(5-2)7-9-14/h6-9,11-12H,4-5,10,18H2,1-3H3. The molecule has 21 heavy (non-hydrogen) atoms. The van der Waals surface area contributed by atoms with Gasteiger partial charge in [-0.1, -0.05) is 38.1 Å². The Balaban J connectivity index is 2.54. The van der Waals surface area contributed by atoms with Crippen LogP contribution >= 0.6 is 0 Å². The van der Waals surface area contributed by atoms with E-state index in [2.05, 4.69) is 24.2 Å². The summed E-state index contributed by atoms with van der Waals surface area (Å²) < 4.78 is 1.53. The van der Waals surface area contributed by atoms with Crippen molar-refractivity contribution in [2.45, 2.75) is 46.2 Å². The van der Waals surface area contributed by atoms with Crippen LogP contribution in [0.1, 0.15) is 44.4 Å². The lowest BCUT2D eigenvalue weighted by Gasteiger charge is -2.12. The maximum absolute atomic E-state index is 12.3. The van der Waals surface area contributed by atoms with Gasteiger partial charge in [0.05, 0.1) is 5.69 Å². The molecule has 2 N–H and O–H groups in total. The SMILES string of the molecule is CCCn1nc(-c2ccc(CC)cc2)cc(C(C)N)c1=O. The maximum atomic E-state index is 12.3. The number of benzene rings is 1. The summed E-state index contributed by atoms with van der Waals surface area (Å²) in [6, 6.07) is 9.81. The van der Waals surface area contributed by atoms with Crippen molar-refractivity contribution in [3.8, 4) is 11.3 Å². The van der Waals surface area contributed by atoms with Gasteiger partial charge in [-0.05, 0) is 31.4 Å². The number of hydrogen-bond acceptors (Lipinski definition) is 3. The summed E-state index contributed by atoms with van der Waals surface area (Å²) in [5, 5.41) is 4.48. The van der Waals surface area contributed by atoms with E-state index in [1.165, 1.54) is 10.2 Å². The highest BCUT2D eigenvalue weighted by molar-refractivity contribution is 5.59. The fourth-order valence-corrected chi connectivity index (χ4v) is 2.30. The molecule has 1 aromatic carbocycles. The van der Waals surface area contributed by atoms with Gasteiger partial charge in [-0.15, -0.1) is 0 Å². The zero-order chi connectivity index (χ0) is 15.4. The van der Waals surface area contributed by atoms with Crippen molar-refractivity contribution in [1.82, 2.24) is 9.78 Å². The first kappa shape index (κ1) is 15.4. The van der Waals surface area contributed by atoms with E-state index in [-0.39, 0.29) is 11.6 Å². The number of nitrogens with zero attached hydrogens (tertiary/aromatic N) is 2. The van der Waals surface area contributed by atoms with Gasteiger partial charge in [-0.25, -0.2) is 4.68 Å². The molecule has 0 aliphatic carbocycles. The summed E-state index contributed by atoms with van der Waals surface area (Å²) in [6.45, 7) is 6.60. The molecule has 0 saturated heterocycles. The molecule has 1 aromatic heterocycles. The summed E-state index contributed by atoms with van der Waals surface area (Å²) >= 11 is 0. The van der Waals surface area contributed by atoms with Gasteiger partial charge >= 0.3 is 0 Å². The molecule has 0 saturated carbocycles. The first-order chi connectivity index (χ1) is 10.1. The molecule has 0 bridgehead atoms.